The van der Waals surface area contributed by atoms with E-state index in [0.717, 1.165) is 17.9 Å². The van der Waals surface area contributed by atoms with Crippen LogP contribution < -0.4 is 9.64 Å². The lowest BCUT2D eigenvalue weighted by atomic mass is 10.1. The maximum Gasteiger partial charge on any atom is 0.143 e. The fourth-order valence-electron chi connectivity index (χ4n) is 2.09. The Morgan fingerprint density at radius 1 is 1.21 bits per heavy atom. The summed E-state index contributed by atoms with van der Waals surface area (Å²) in [5.74, 6) is 1.11. The molecule has 3 heteroatoms. The predicted octanol–water partition coefficient (Wildman–Crippen LogP) is 4.20. The second kappa shape index (κ2) is 7.93. The molecule has 0 amide bonds. The van der Waals surface area contributed by atoms with Gasteiger partial charge in [0.1, 0.15) is 11.5 Å². The number of ether oxygens (including phenoxy) is 1. The minimum absolute atomic E-state index is 0.208. The van der Waals surface area contributed by atoms with Crippen LogP contribution in [-0.4, -0.2) is 25.3 Å². The van der Waals surface area contributed by atoms with Gasteiger partial charge in [-0.25, -0.2) is 0 Å². The second-order valence-electron chi connectivity index (χ2n) is 5.32. The average molecular weight is 265 g/mol. The molecule has 108 valence electrons. The van der Waals surface area contributed by atoms with Crippen LogP contribution in [0.2, 0.25) is 0 Å². The third-order valence-electron chi connectivity index (χ3n) is 3.22. The lowest BCUT2D eigenvalue weighted by Crippen LogP contribution is -2.15. The van der Waals surface area contributed by atoms with E-state index in [1.807, 2.05) is 25.1 Å². The van der Waals surface area contributed by atoms with Crippen LogP contribution in [0.1, 0.15) is 46.0 Å². The Balaban J connectivity index is 2.56. The van der Waals surface area contributed by atoms with Gasteiger partial charge in [0.25, 0.3) is 0 Å². The quantitative estimate of drug-likeness (QED) is 0.715. The van der Waals surface area contributed by atoms with E-state index in [4.69, 9.17) is 4.74 Å². The third-order valence-corrected chi connectivity index (χ3v) is 3.22. The van der Waals surface area contributed by atoms with Gasteiger partial charge < -0.3 is 14.7 Å². The molecule has 1 atom stereocenters. The Bertz CT molecular complexity index is 377. The Morgan fingerprint density at radius 3 is 2.58 bits per heavy atom. The summed E-state index contributed by atoms with van der Waals surface area (Å²) < 4.78 is 5.99. The van der Waals surface area contributed by atoms with Crippen LogP contribution in [0.3, 0.4) is 0 Å². The van der Waals surface area contributed by atoms with Crippen molar-refractivity contribution in [3.8, 4) is 11.5 Å². The van der Waals surface area contributed by atoms with E-state index in [-0.39, 0.29) is 11.9 Å². The molecule has 0 aliphatic rings. The molecule has 0 radical (unpaired) electrons. The largest absolute Gasteiger partial charge is 0.508 e. The van der Waals surface area contributed by atoms with Gasteiger partial charge in [-0.3, -0.25) is 0 Å². The molecule has 0 bridgehead atoms. The molecule has 0 saturated carbocycles. The van der Waals surface area contributed by atoms with Gasteiger partial charge in [-0.15, -0.1) is 0 Å². The highest BCUT2D eigenvalue weighted by Crippen LogP contribution is 2.31. The molecular weight excluding hydrogens is 238 g/mol. The van der Waals surface area contributed by atoms with Gasteiger partial charge in [-0.05, 0) is 31.9 Å². The van der Waals surface area contributed by atoms with Gasteiger partial charge in [0.05, 0.1) is 11.8 Å². The van der Waals surface area contributed by atoms with Crippen LogP contribution >= 0.6 is 0 Å². The number of nitrogens with zero attached hydrogens (tertiary/aromatic N) is 1. The van der Waals surface area contributed by atoms with Crippen molar-refractivity contribution < 1.29 is 9.84 Å². The molecule has 1 rings (SSSR count). The molecule has 1 aromatic carbocycles. The van der Waals surface area contributed by atoms with Crippen LogP contribution in [0, 0.1) is 0 Å². The van der Waals surface area contributed by atoms with Gasteiger partial charge in [-0.2, -0.15) is 0 Å². The average Bonchev–Trinajstić information content (AvgIpc) is 2.36. The van der Waals surface area contributed by atoms with Gasteiger partial charge >= 0.3 is 0 Å². The number of benzene rings is 1. The molecular formula is C16H27NO2. The summed E-state index contributed by atoms with van der Waals surface area (Å²) in [6.07, 6.45) is 6.34. The zero-order chi connectivity index (χ0) is 14.3. The maximum absolute atomic E-state index is 9.54. The number of rotatable bonds is 8. The van der Waals surface area contributed by atoms with E-state index < -0.39 is 0 Å². The summed E-state index contributed by atoms with van der Waals surface area (Å²) >= 11 is 0. The lowest BCUT2D eigenvalue weighted by Gasteiger charge is -2.21. The minimum Gasteiger partial charge on any atom is -0.508 e. The van der Waals surface area contributed by atoms with Crippen molar-refractivity contribution in [1.29, 1.82) is 0 Å². The second-order valence-corrected chi connectivity index (χ2v) is 5.32. The molecule has 0 spiro atoms. The molecule has 19 heavy (non-hydrogen) atoms. The predicted molar refractivity (Wildman–Crippen MR) is 81.3 cm³/mol. The fraction of sp³-hybridized carbons (Fsp3) is 0.625. The molecule has 1 aromatic rings. The van der Waals surface area contributed by atoms with Gasteiger partial charge in [0, 0.05) is 20.2 Å². The van der Waals surface area contributed by atoms with E-state index in [2.05, 4.69) is 13.8 Å². The normalized spacial score (nSPS) is 12.2. The summed E-state index contributed by atoms with van der Waals surface area (Å²) in [5.41, 5.74) is 0.917. The number of phenolic OH excluding ortho intramolecular Hbond substituents is 1. The first-order valence-corrected chi connectivity index (χ1v) is 7.21. The van der Waals surface area contributed by atoms with Crippen molar-refractivity contribution in [2.75, 3.05) is 19.0 Å². The molecule has 0 aromatic heterocycles. The van der Waals surface area contributed by atoms with Crippen molar-refractivity contribution in [3.05, 3.63) is 18.2 Å². The number of hydrogen-bond acceptors (Lipinski definition) is 3. The van der Waals surface area contributed by atoms with Crippen LogP contribution in [0.15, 0.2) is 18.2 Å². The summed E-state index contributed by atoms with van der Waals surface area (Å²) in [4.78, 5) is 1.96. The smallest absolute Gasteiger partial charge is 0.143 e. The molecule has 0 aliphatic carbocycles. The van der Waals surface area contributed by atoms with Crippen LogP contribution in [-0.2, 0) is 0 Å². The first kappa shape index (κ1) is 15.7. The molecule has 0 saturated heterocycles. The highest BCUT2D eigenvalue weighted by molar-refractivity contribution is 5.60. The van der Waals surface area contributed by atoms with E-state index in [0.29, 0.717) is 0 Å². The first-order chi connectivity index (χ1) is 9.04. The summed E-state index contributed by atoms with van der Waals surface area (Å²) in [6, 6.07) is 5.25. The Labute approximate surface area is 117 Å². The molecule has 0 heterocycles. The van der Waals surface area contributed by atoms with Crippen LogP contribution in [0.4, 0.5) is 5.69 Å². The lowest BCUT2D eigenvalue weighted by molar-refractivity contribution is 0.207. The van der Waals surface area contributed by atoms with Crippen molar-refractivity contribution in [2.45, 2.75) is 52.1 Å². The van der Waals surface area contributed by atoms with Gasteiger partial charge in [-0.1, -0.05) is 26.2 Å². The van der Waals surface area contributed by atoms with Crippen molar-refractivity contribution in [2.24, 2.45) is 0 Å². The van der Waals surface area contributed by atoms with Gasteiger partial charge in [0.2, 0.25) is 0 Å². The number of anilines is 1. The number of hydrogen-bond donors (Lipinski definition) is 1. The monoisotopic (exact) mass is 265 g/mol. The highest BCUT2D eigenvalue weighted by atomic mass is 16.5. The minimum atomic E-state index is 0.208. The Hall–Kier alpha value is -1.38. The van der Waals surface area contributed by atoms with E-state index in [9.17, 15) is 5.11 Å². The third kappa shape index (κ3) is 5.41. The zero-order valence-electron chi connectivity index (χ0n) is 12.6. The van der Waals surface area contributed by atoms with Crippen LogP contribution in [0.25, 0.3) is 0 Å². The van der Waals surface area contributed by atoms with Crippen LogP contribution in [0.5, 0.6) is 11.5 Å². The standard InChI is InChI=1S/C16H27NO2/c1-5-6-7-8-9-13(2)19-16-11-10-14(18)12-15(16)17(3)4/h10-13,18H,5-9H2,1-4H3/t13-/m1/s1. The molecule has 3 nitrogen and oxygen atoms in total. The van der Waals surface area contributed by atoms with E-state index in [1.165, 1.54) is 25.7 Å². The van der Waals surface area contributed by atoms with Crippen molar-refractivity contribution >= 4 is 5.69 Å². The zero-order valence-corrected chi connectivity index (χ0v) is 12.6. The number of phenols is 1. The first-order valence-electron chi connectivity index (χ1n) is 7.21. The Kier molecular flexibility index (Phi) is 6.54. The SMILES string of the molecule is CCCCCC[C@@H](C)Oc1ccc(O)cc1N(C)C. The highest BCUT2D eigenvalue weighted by Gasteiger charge is 2.10. The summed E-state index contributed by atoms with van der Waals surface area (Å²) in [5, 5.41) is 9.54. The molecule has 0 fully saturated rings. The Morgan fingerprint density at radius 2 is 1.95 bits per heavy atom. The van der Waals surface area contributed by atoms with Crippen molar-refractivity contribution in [3.63, 3.8) is 0 Å². The fourth-order valence-corrected chi connectivity index (χ4v) is 2.09. The summed E-state index contributed by atoms with van der Waals surface area (Å²) in [7, 11) is 3.90. The van der Waals surface area contributed by atoms with Gasteiger partial charge in [0.15, 0.2) is 0 Å². The van der Waals surface area contributed by atoms with E-state index >= 15 is 0 Å². The number of aromatic hydroxyl groups is 1. The van der Waals surface area contributed by atoms with E-state index in [1.54, 1.807) is 12.1 Å². The summed E-state index contributed by atoms with van der Waals surface area (Å²) in [6.45, 7) is 4.33. The van der Waals surface area contributed by atoms with Crippen molar-refractivity contribution in [1.82, 2.24) is 0 Å². The number of unbranched alkanes of at least 4 members (excludes halogenated alkanes) is 3. The molecule has 0 unspecified atom stereocenters. The topological polar surface area (TPSA) is 32.7 Å². The molecule has 1 N–H and O–H groups in total. The maximum atomic E-state index is 9.54. The molecule has 0 aliphatic heterocycles.